The van der Waals surface area contributed by atoms with E-state index >= 15 is 0 Å². The molecule has 0 bridgehead atoms. The summed E-state index contributed by atoms with van der Waals surface area (Å²) < 4.78 is 65.7. The van der Waals surface area contributed by atoms with Crippen LogP contribution in [0.25, 0.3) is 0 Å². The molecule has 0 spiro atoms. The van der Waals surface area contributed by atoms with Gasteiger partial charge in [-0.3, -0.25) is 0 Å². The van der Waals surface area contributed by atoms with E-state index in [9.17, 15) is 21.2 Å². The van der Waals surface area contributed by atoms with Gasteiger partial charge in [0.2, 0.25) is 10.0 Å². The van der Waals surface area contributed by atoms with Gasteiger partial charge in [-0.15, -0.1) is 4.40 Å². The van der Waals surface area contributed by atoms with E-state index < -0.39 is 25.9 Å². The molecule has 0 aromatic heterocycles. The lowest BCUT2D eigenvalue weighted by Crippen LogP contribution is -2.17. The van der Waals surface area contributed by atoms with Crippen molar-refractivity contribution in [3.8, 4) is 0 Å². The molecule has 7 nitrogen and oxygen atoms in total. The lowest BCUT2D eigenvalue weighted by Gasteiger charge is -2.12. The second kappa shape index (κ2) is 8.11. The van der Waals surface area contributed by atoms with Gasteiger partial charge in [-0.2, -0.15) is 8.42 Å². The highest BCUT2D eigenvalue weighted by Crippen LogP contribution is 2.18. The van der Waals surface area contributed by atoms with Gasteiger partial charge in [0.15, 0.2) is 5.84 Å². The van der Waals surface area contributed by atoms with Crippen LogP contribution in [0.4, 0.5) is 10.1 Å². The molecule has 0 aliphatic heterocycles. The van der Waals surface area contributed by atoms with Crippen molar-refractivity contribution in [2.45, 2.75) is 9.79 Å². The first-order chi connectivity index (χ1) is 13.6. The second-order valence-corrected chi connectivity index (χ2v) is 9.10. The van der Waals surface area contributed by atoms with Crippen molar-refractivity contribution in [1.29, 1.82) is 0 Å². The summed E-state index contributed by atoms with van der Waals surface area (Å²) >= 11 is 0. The van der Waals surface area contributed by atoms with E-state index in [1.165, 1.54) is 48.5 Å². The van der Waals surface area contributed by atoms with E-state index in [4.69, 9.17) is 5.14 Å². The zero-order valence-electron chi connectivity index (χ0n) is 14.9. The molecule has 0 aliphatic rings. The summed E-state index contributed by atoms with van der Waals surface area (Å²) in [6.45, 7) is 0. The Kier molecular flexibility index (Phi) is 5.78. The molecule has 0 unspecified atom stereocenters. The van der Waals surface area contributed by atoms with Crippen LogP contribution in [0.15, 0.2) is 93.1 Å². The average Bonchev–Trinajstić information content (AvgIpc) is 2.68. The van der Waals surface area contributed by atoms with Gasteiger partial charge in [-0.25, -0.2) is 17.9 Å². The van der Waals surface area contributed by atoms with Crippen molar-refractivity contribution >= 4 is 31.6 Å². The Balaban J connectivity index is 2.09. The van der Waals surface area contributed by atoms with Crippen molar-refractivity contribution < 1.29 is 21.2 Å². The minimum atomic E-state index is -4.09. The molecule has 0 atom stereocenters. The molecule has 0 saturated heterocycles. The van der Waals surface area contributed by atoms with E-state index in [1.54, 1.807) is 18.2 Å². The molecule has 3 aromatic rings. The summed E-state index contributed by atoms with van der Waals surface area (Å²) in [5.74, 6) is -0.615. The van der Waals surface area contributed by atoms with Crippen LogP contribution in [0.3, 0.4) is 0 Å². The van der Waals surface area contributed by atoms with E-state index in [1.807, 2.05) is 0 Å². The third-order valence-corrected chi connectivity index (χ3v) is 6.00. The summed E-state index contributed by atoms with van der Waals surface area (Å²) in [5.41, 5.74) is 0.523. The first kappa shape index (κ1) is 20.6. The van der Waals surface area contributed by atoms with Crippen molar-refractivity contribution in [2.24, 2.45) is 9.54 Å². The number of nitrogens with zero attached hydrogens (tertiary/aromatic N) is 1. The van der Waals surface area contributed by atoms with E-state index in [0.717, 1.165) is 12.1 Å². The number of hydrogen-bond acceptors (Lipinski definition) is 4. The number of sulfonamides is 2. The molecule has 0 aliphatic carbocycles. The van der Waals surface area contributed by atoms with Gasteiger partial charge in [0, 0.05) is 11.3 Å². The van der Waals surface area contributed by atoms with Crippen molar-refractivity contribution in [2.75, 3.05) is 5.32 Å². The Hall–Kier alpha value is -3.08. The van der Waals surface area contributed by atoms with Gasteiger partial charge in [0.05, 0.1) is 9.79 Å². The predicted octanol–water partition coefficient (Wildman–Crippen LogP) is 2.72. The largest absolute Gasteiger partial charge is 0.339 e. The number of benzene rings is 3. The lowest BCUT2D eigenvalue weighted by molar-refractivity contribution is 0.596. The smallest absolute Gasteiger partial charge is 0.284 e. The van der Waals surface area contributed by atoms with E-state index in [2.05, 4.69) is 9.71 Å². The van der Waals surface area contributed by atoms with E-state index in [-0.39, 0.29) is 26.9 Å². The Labute approximate surface area is 167 Å². The number of nitrogens with two attached hydrogens (primary N) is 1. The maximum atomic E-state index is 13.3. The van der Waals surface area contributed by atoms with Crippen molar-refractivity contribution in [1.82, 2.24) is 0 Å². The fourth-order valence-electron chi connectivity index (χ4n) is 2.41. The number of halogens is 1. The Morgan fingerprint density at radius 3 is 2.07 bits per heavy atom. The lowest BCUT2D eigenvalue weighted by atomic mass is 10.2. The number of primary sulfonamides is 1. The second-order valence-electron chi connectivity index (χ2n) is 5.93. The molecular weight excluding hydrogens is 417 g/mol. The molecule has 0 amide bonds. The number of anilines is 1. The highest BCUT2D eigenvalue weighted by molar-refractivity contribution is 7.90. The monoisotopic (exact) mass is 433 g/mol. The standard InChI is InChI=1S/C19H16FN3O4S2/c20-15-11-9-14(10-12-15)19(23-29(26,27)17-6-2-1-3-7-17)22-16-5-4-8-18(13-16)28(21,24)25/h1-13H,(H,22,23)(H2,21,24,25). The molecule has 29 heavy (non-hydrogen) atoms. The zero-order valence-corrected chi connectivity index (χ0v) is 16.5. The summed E-state index contributed by atoms with van der Waals surface area (Å²) in [7, 11) is -8.04. The van der Waals surface area contributed by atoms with Crippen molar-refractivity contribution in [3.63, 3.8) is 0 Å². The molecule has 3 N–H and O–H groups in total. The zero-order chi connectivity index (χ0) is 21.1. The van der Waals surface area contributed by atoms with Gasteiger partial charge >= 0.3 is 0 Å². The van der Waals surface area contributed by atoms with Crippen LogP contribution in [0.1, 0.15) is 5.56 Å². The quantitative estimate of drug-likeness (QED) is 0.474. The highest BCUT2D eigenvalue weighted by atomic mass is 32.2. The van der Waals surface area contributed by atoms with Crippen LogP contribution in [0.5, 0.6) is 0 Å². The summed E-state index contributed by atoms with van der Waals surface area (Å²) in [6, 6.07) is 18.1. The fraction of sp³-hybridized carbons (Fsp3) is 0. The Morgan fingerprint density at radius 1 is 0.828 bits per heavy atom. The fourth-order valence-corrected chi connectivity index (χ4v) is 3.97. The third kappa shape index (κ3) is 5.25. The van der Waals surface area contributed by atoms with Gasteiger partial charge in [0.1, 0.15) is 5.82 Å². The molecule has 3 rings (SSSR count). The molecule has 3 aromatic carbocycles. The maximum Gasteiger partial charge on any atom is 0.284 e. The molecule has 0 fully saturated rings. The number of hydrogen-bond donors (Lipinski definition) is 2. The third-order valence-electron chi connectivity index (χ3n) is 3.80. The summed E-state index contributed by atoms with van der Waals surface area (Å²) in [4.78, 5) is -0.188. The number of amidine groups is 1. The molecular formula is C19H16FN3O4S2. The summed E-state index contributed by atoms with van der Waals surface area (Å²) in [6.07, 6.45) is 0. The molecule has 10 heteroatoms. The van der Waals surface area contributed by atoms with Crippen molar-refractivity contribution in [3.05, 3.63) is 90.2 Å². The first-order valence-corrected chi connectivity index (χ1v) is 11.2. The number of rotatable bonds is 5. The average molecular weight is 433 g/mol. The topological polar surface area (TPSA) is 119 Å². The minimum absolute atomic E-state index is 0.0281. The van der Waals surface area contributed by atoms with Crippen LogP contribution >= 0.6 is 0 Å². The summed E-state index contributed by atoms with van der Waals surface area (Å²) in [5, 5.41) is 7.92. The van der Waals surface area contributed by atoms with Crippen LogP contribution < -0.4 is 10.5 Å². The molecule has 0 heterocycles. The Bertz CT molecular complexity index is 1260. The van der Waals surface area contributed by atoms with E-state index in [0.29, 0.717) is 0 Å². The Morgan fingerprint density at radius 2 is 1.45 bits per heavy atom. The minimum Gasteiger partial charge on any atom is -0.339 e. The van der Waals surface area contributed by atoms with Crippen LogP contribution in [0.2, 0.25) is 0 Å². The SMILES string of the molecule is NS(=O)(=O)c1cccc(NC(=NS(=O)(=O)c2ccccc2)c2ccc(F)cc2)c1. The molecule has 150 valence electrons. The maximum absolute atomic E-state index is 13.3. The molecule has 0 radical (unpaired) electrons. The van der Waals surface area contributed by atoms with Crippen LogP contribution in [-0.4, -0.2) is 22.7 Å². The van der Waals surface area contributed by atoms with Crippen LogP contribution in [0, 0.1) is 5.82 Å². The molecule has 0 saturated carbocycles. The van der Waals surface area contributed by atoms with Gasteiger partial charge < -0.3 is 5.32 Å². The predicted molar refractivity (Wildman–Crippen MR) is 108 cm³/mol. The van der Waals surface area contributed by atoms with Crippen LogP contribution in [-0.2, 0) is 20.0 Å². The van der Waals surface area contributed by atoms with Gasteiger partial charge in [-0.05, 0) is 54.6 Å². The van der Waals surface area contributed by atoms with Gasteiger partial charge in [-0.1, -0.05) is 24.3 Å². The normalized spacial score (nSPS) is 12.6. The van der Waals surface area contributed by atoms with Gasteiger partial charge in [0.25, 0.3) is 10.0 Å². The highest BCUT2D eigenvalue weighted by Gasteiger charge is 2.16. The first-order valence-electron chi connectivity index (χ1n) is 8.21. The number of nitrogens with one attached hydrogen (secondary N) is 1.